The molecule has 12 heteroatoms. The first kappa shape index (κ1) is 21.4. The van der Waals surface area contributed by atoms with Crippen molar-refractivity contribution < 1.29 is 36.7 Å². The largest absolute Gasteiger partial charge is 0.455 e. The van der Waals surface area contributed by atoms with Crippen molar-refractivity contribution in [2.45, 2.75) is 19.0 Å². The SMILES string of the molecule is O=C(COC(=O)C1CCN(c2nc3ccccc3o2)CC1)NC(=O)NCC(F)(F)F. The van der Waals surface area contributed by atoms with E-state index in [0.29, 0.717) is 37.5 Å². The minimum absolute atomic E-state index is 0.447. The van der Waals surface area contributed by atoms with Crippen LogP contribution in [0.15, 0.2) is 28.7 Å². The molecule has 0 spiro atoms. The summed E-state index contributed by atoms with van der Waals surface area (Å²) in [5, 5.41) is 3.13. The van der Waals surface area contributed by atoms with Crippen LogP contribution in [-0.4, -0.2) is 55.3 Å². The summed E-state index contributed by atoms with van der Waals surface area (Å²) in [6, 6.07) is 6.49. The van der Waals surface area contributed by atoms with Crippen LogP contribution in [0.5, 0.6) is 0 Å². The molecule has 1 aromatic heterocycles. The number of piperidine rings is 1. The van der Waals surface area contributed by atoms with Crippen molar-refractivity contribution in [2.75, 3.05) is 31.1 Å². The van der Waals surface area contributed by atoms with Crippen LogP contribution in [0.2, 0.25) is 0 Å². The number of nitrogens with zero attached hydrogens (tertiary/aromatic N) is 2. The quantitative estimate of drug-likeness (QED) is 0.700. The van der Waals surface area contributed by atoms with E-state index in [2.05, 4.69) is 4.98 Å². The Hall–Kier alpha value is -3.31. The number of carbonyl (C=O) groups excluding carboxylic acids is 3. The lowest BCUT2D eigenvalue weighted by molar-refractivity contribution is -0.153. The average Bonchev–Trinajstić information content (AvgIpc) is 3.14. The summed E-state index contributed by atoms with van der Waals surface area (Å²) in [5.41, 5.74) is 1.40. The molecule has 162 valence electrons. The molecule has 2 heterocycles. The van der Waals surface area contributed by atoms with Gasteiger partial charge in [0.2, 0.25) is 0 Å². The van der Waals surface area contributed by atoms with Gasteiger partial charge in [0.05, 0.1) is 5.92 Å². The molecular weight excluding hydrogens is 409 g/mol. The van der Waals surface area contributed by atoms with Crippen LogP contribution in [0.25, 0.3) is 11.1 Å². The molecule has 0 bridgehead atoms. The summed E-state index contributed by atoms with van der Waals surface area (Å²) in [6.45, 7) is -1.34. The summed E-state index contributed by atoms with van der Waals surface area (Å²) in [4.78, 5) is 41.1. The normalized spacial score (nSPS) is 15.1. The van der Waals surface area contributed by atoms with E-state index >= 15 is 0 Å². The summed E-state index contributed by atoms with van der Waals surface area (Å²) in [6.07, 6.45) is -3.70. The maximum absolute atomic E-state index is 12.1. The Kier molecular flexibility index (Phi) is 6.43. The van der Waals surface area contributed by atoms with E-state index in [4.69, 9.17) is 9.15 Å². The monoisotopic (exact) mass is 428 g/mol. The molecule has 9 nitrogen and oxygen atoms in total. The highest BCUT2D eigenvalue weighted by molar-refractivity contribution is 5.95. The lowest BCUT2D eigenvalue weighted by atomic mass is 9.97. The van der Waals surface area contributed by atoms with Crippen molar-refractivity contribution >= 4 is 35.0 Å². The number of ether oxygens (including phenoxy) is 1. The minimum atomic E-state index is -4.60. The molecule has 0 atom stereocenters. The number of carbonyl (C=O) groups is 3. The van der Waals surface area contributed by atoms with Crippen molar-refractivity contribution in [2.24, 2.45) is 5.92 Å². The Morgan fingerprint density at radius 2 is 1.90 bits per heavy atom. The third-order valence-electron chi connectivity index (χ3n) is 4.43. The van der Waals surface area contributed by atoms with Gasteiger partial charge in [-0.05, 0) is 25.0 Å². The number of oxazole rings is 1. The standard InChI is InChI=1S/C18H19F3N4O5/c19-18(20,21)10-22-16(28)24-14(26)9-29-15(27)11-5-7-25(8-6-11)17-23-12-3-1-2-4-13(12)30-17/h1-4,11H,5-10H2,(H2,22,24,26,28). The van der Waals surface area contributed by atoms with E-state index in [1.54, 1.807) is 5.32 Å². The second kappa shape index (κ2) is 9.01. The molecule has 1 saturated heterocycles. The van der Waals surface area contributed by atoms with E-state index in [1.165, 1.54) is 5.32 Å². The Labute approximate surface area is 168 Å². The molecule has 0 saturated carbocycles. The van der Waals surface area contributed by atoms with Gasteiger partial charge in [0.15, 0.2) is 12.2 Å². The number of urea groups is 1. The number of hydrogen-bond donors (Lipinski definition) is 2. The van der Waals surface area contributed by atoms with Crippen LogP contribution < -0.4 is 15.5 Å². The molecule has 2 N–H and O–H groups in total. The third-order valence-corrected chi connectivity index (χ3v) is 4.43. The number of halogens is 3. The highest BCUT2D eigenvalue weighted by Gasteiger charge is 2.30. The van der Waals surface area contributed by atoms with Gasteiger partial charge in [-0.3, -0.25) is 14.9 Å². The maximum atomic E-state index is 12.1. The lowest BCUT2D eigenvalue weighted by Crippen LogP contribution is -2.45. The van der Waals surface area contributed by atoms with Crippen LogP contribution in [0.1, 0.15) is 12.8 Å². The second-order valence-corrected chi connectivity index (χ2v) is 6.68. The fourth-order valence-electron chi connectivity index (χ4n) is 2.94. The predicted octanol–water partition coefficient (Wildman–Crippen LogP) is 1.98. The van der Waals surface area contributed by atoms with Gasteiger partial charge < -0.3 is 19.4 Å². The average molecular weight is 428 g/mol. The van der Waals surface area contributed by atoms with Crippen LogP contribution in [0.4, 0.5) is 24.0 Å². The lowest BCUT2D eigenvalue weighted by Gasteiger charge is -2.29. The Balaban J connectivity index is 1.39. The van der Waals surface area contributed by atoms with E-state index < -0.39 is 43.2 Å². The third kappa shape index (κ3) is 5.84. The molecule has 0 unspecified atom stereocenters. The van der Waals surface area contributed by atoms with Gasteiger partial charge in [0, 0.05) is 13.1 Å². The first-order valence-corrected chi connectivity index (χ1v) is 9.13. The highest BCUT2D eigenvalue weighted by Crippen LogP contribution is 2.26. The molecule has 3 amide bonds. The van der Waals surface area contributed by atoms with Crippen LogP contribution in [0, 0.1) is 5.92 Å². The van der Waals surface area contributed by atoms with E-state index in [-0.39, 0.29) is 0 Å². The Bertz CT molecular complexity index is 889. The van der Waals surface area contributed by atoms with Crippen molar-refractivity contribution in [3.8, 4) is 0 Å². The first-order valence-electron chi connectivity index (χ1n) is 9.13. The highest BCUT2D eigenvalue weighted by atomic mass is 19.4. The second-order valence-electron chi connectivity index (χ2n) is 6.68. The summed E-state index contributed by atoms with van der Waals surface area (Å²) in [5.74, 6) is -2.08. The molecule has 1 fully saturated rings. The number of aromatic nitrogens is 1. The maximum Gasteiger partial charge on any atom is 0.405 e. The van der Waals surface area contributed by atoms with Crippen LogP contribution in [-0.2, 0) is 14.3 Å². The molecular formula is C18H19F3N4O5. The molecule has 2 aromatic rings. The molecule has 3 rings (SSSR count). The topological polar surface area (TPSA) is 114 Å². The minimum Gasteiger partial charge on any atom is -0.455 e. The summed E-state index contributed by atoms with van der Waals surface area (Å²) >= 11 is 0. The summed E-state index contributed by atoms with van der Waals surface area (Å²) < 4.78 is 46.5. The van der Waals surface area contributed by atoms with E-state index in [1.807, 2.05) is 29.2 Å². The number of hydrogen-bond acceptors (Lipinski definition) is 7. The van der Waals surface area contributed by atoms with Gasteiger partial charge in [-0.25, -0.2) is 4.79 Å². The number of amides is 3. The van der Waals surface area contributed by atoms with Gasteiger partial charge in [-0.1, -0.05) is 12.1 Å². The number of nitrogens with one attached hydrogen (secondary N) is 2. The van der Waals surface area contributed by atoms with Crippen molar-refractivity contribution in [3.05, 3.63) is 24.3 Å². The predicted molar refractivity (Wildman–Crippen MR) is 97.5 cm³/mol. The zero-order valence-electron chi connectivity index (χ0n) is 15.7. The van der Waals surface area contributed by atoms with Crippen molar-refractivity contribution in [1.29, 1.82) is 0 Å². The van der Waals surface area contributed by atoms with Crippen LogP contribution in [0.3, 0.4) is 0 Å². The van der Waals surface area contributed by atoms with Crippen molar-refractivity contribution in [3.63, 3.8) is 0 Å². The molecule has 1 aliphatic heterocycles. The molecule has 0 radical (unpaired) electrons. The van der Waals surface area contributed by atoms with Gasteiger partial charge in [0.1, 0.15) is 12.1 Å². The fourth-order valence-corrected chi connectivity index (χ4v) is 2.94. The van der Waals surface area contributed by atoms with Gasteiger partial charge in [-0.2, -0.15) is 18.2 Å². The number of para-hydroxylation sites is 2. The fraction of sp³-hybridized carbons (Fsp3) is 0.444. The Morgan fingerprint density at radius 3 is 2.57 bits per heavy atom. The number of alkyl halides is 3. The number of fused-ring (bicyclic) bond motifs is 1. The molecule has 1 aromatic carbocycles. The number of esters is 1. The van der Waals surface area contributed by atoms with Crippen LogP contribution >= 0.6 is 0 Å². The smallest absolute Gasteiger partial charge is 0.405 e. The zero-order valence-corrected chi connectivity index (χ0v) is 15.7. The first-order chi connectivity index (χ1) is 14.2. The van der Waals surface area contributed by atoms with Gasteiger partial charge >= 0.3 is 18.2 Å². The zero-order chi connectivity index (χ0) is 21.7. The van der Waals surface area contributed by atoms with Gasteiger partial charge in [-0.15, -0.1) is 0 Å². The van der Waals surface area contributed by atoms with E-state index in [0.717, 1.165) is 5.52 Å². The number of rotatable bonds is 5. The number of imide groups is 1. The Morgan fingerprint density at radius 1 is 1.20 bits per heavy atom. The molecule has 0 aliphatic carbocycles. The molecule has 1 aliphatic rings. The number of anilines is 1. The summed E-state index contributed by atoms with van der Waals surface area (Å²) in [7, 11) is 0. The van der Waals surface area contributed by atoms with Gasteiger partial charge in [0.25, 0.3) is 11.9 Å². The van der Waals surface area contributed by atoms with E-state index in [9.17, 15) is 27.6 Å². The molecule has 30 heavy (non-hydrogen) atoms. The number of benzene rings is 1. The van der Waals surface area contributed by atoms with Crippen molar-refractivity contribution in [1.82, 2.24) is 15.6 Å².